The summed E-state index contributed by atoms with van der Waals surface area (Å²) in [6, 6.07) is 6.59. The van der Waals surface area contributed by atoms with Crippen molar-refractivity contribution in [1.29, 1.82) is 0 Å². The molecule has 0 heterocycles. The van der Waals surface area contributed by atoms with Crippen LogP contribution >= 0.6 is 0 Å². The van der Waals surface area contributed by atoms with Crippen LogP contribution in [0.3, 0.4) is 0 Å². The summed E-state index contributed by atoms with van der Waals surface area (Å²) in [5, 5.41) is 9.18. The van der Waals surface area contributed by atoms with Crippen LogP contribution in [0.4, 0.5) is 26.3 Å². The van der Waals surface area contributed by atoms with Gasteiger partial charge in [0, 0.05) is 11.1 Å². The molecule has 170 valence electrons. The number of phenolic OH excluding ortho intramolecular Hbond substituents is 1. The molecule has 0 aliphatic rings. The molecule has 0 unspecified atom stereocenters. The molecule has 0 amide bonds. The van der Waals surface area contributed by atoms with Crippen LogP contribution in [0.15, 0.2) is 36.4 Å². The molecular weight excluding hydrogens is 438 g/mol. The number of halogens is 6. The Kier molecular flexibility index (Phi) is 9.64. The topological polar surface area (TPSA) is 82.1 Å². The molecule has 0 atom stereocenters. The molecule has 0 aliphatic carbocycles. The van der Waals surface area contributed by atoms with E-state index in [0.29, 0.717) is 0 Å². The van der Waals surface area contributed by atoms with E-state index in [2.05, 4.69) is 14.2 Å². The van der Waals surface area contributed by atoms with Gasteiger partial charge in [-0.25, -0.2) is 0 Å². The Balaban J connectivity index is 0.000000316. The van der Waals surface area contributed by atoms with Gasteiger partial charge in [-0.15, -0.1) is 0 Å². The highest BCUT2D eigenvalue weighted by Gasteiger charge is 2.16. The van der Waals surface area contributed by atoms with Gasteiger partial charge in [0.2, 0.25) is 0 Å². The molecule has 0 bridgehead atoms. The Morgan fingerprint density at radius 1 is 0.677 bits per heavy atom. The van der Waals surface area contributed by atoms with Crippen LogP contribution in [0, 0.1) is 0 Å². The average molecular weight is 454 g/mol. The molecule has 6 nitrogen and oxygen atoms in total. The van der Waals surface area contributed by atoms with E-state index >= 15 is 0 Å². The van der Waals surface area contributed by atoms with Gasteiger partial charge in [0.15, 0.2) is 34.6 Å². The minimum atomic E-state index is -3.20. The van der Waals surface area contributed by atoms with Crippen LogP contribution in [0.25, 0.3) is 0 Å². The summed E-state index contributed by atoms with van der Waals surface area (Å²) in [6.45, 7) is -6.85. The van der Waals surface area contributed by atoms with Gasteiger partial charge in [-0.1, -0.05) is 0 Å². The fourth-order valence-corrected chi connectivity index (χ4v) is 2.04. The van der Waals surface area contributed by atoms with E-state index in [1.807, 2.05) is 0 Å². The number of carbonyl (C=O) groups is 2. The summed E-state index contributed by atoms with van der Waals surface area (Å²) < 4.78 is 83.4. The highest BCUT2D eigenvalue weighted by atomic mass is 19.3. The van der Waals surface area contributed by atoms with Crippen molar-refractivity contribution in [3.8, 4) is 23.0 Å². The average Bonchev–Trinajstić information content (AvgIpc) is 2.64. The Hall–Kier alpha value is -3.44. The van der Waals surface area contributed by atoms with Crippen molar-refractivity contribution in [2.24, 2.45) is 0 Å². The van der Waals surface area contributed by atoms with Gasteiger partial charge < -0.3 is 19.3 Å². The quantitative estimate of drug-likeness (QED) is 0.431. The van der Waals surface area contributed by atoms with Crippen molar-refractivity contribution in [1.82, 2.24) is 0 Å². The maximum atomic E-state index is 12.0. The fraction of sp³-hybridized carbons (Fsp3) is 0.263. The summed E-state index contributed by atoms with van der Waals surface area (Å²) in [7, 11) is 0. The van der Waals surface area contributed by atoms with Gasteiger partial charge in [-0.2, -0.15) is 26.3 Å². The molecule has 31 heavy (non-hydrogen) atoms. The van der Waals surface area contributed by atoms with E-state index in [1.54, 1.807) is 0 Å². The third-order valence-electron chi connectivity index (χ3n) is 3.36. The lowest BCUT2D eigenvalue weighted by atomic mass is 10.1. The molecule has 0 saturated heterocycles. The number of carbonyl (C=O) groups excluding carboxylic acids is 2. The second-order valence-electron chi connectivity index (χ2n) is 5.59. The number of Topliss-reactive ketones (excluding diaryl/α,β-unsaturated/α-hetero) is 2. The van der Waals surface area contributed by atoms with E-state index in [4.69, 9.17) is 0 Å². The zero-order valence-electron chi connectivity index (χ0n) is 16.0. The number of ether oxygens (including phenoxy) is 3. The van der Waals surface area contributed by atoms with Gasteiger partial charge in [0.25, 0.3) is 0 Å². The van der Waals surface area contributed by atoms with Gasteiger partial charge >= 0.3 is 19.8 Å². The molecule has 0 radical (unpaired) electrons. The minimum absolute atomic E-state index is 0.0577. The molecule has 0 aliphatic heterocycles. The largest absolute Gasteiger partial charge is 0.504 e. The Bertz CT molecular complexity index is 903. The molecule has 0 spiro atoms. The van der Waals surface area contributed by atoms with Crippen LogP contribution < -0.4 is 14.2 Å². The van der Waals surface area contributed by atoms with Crippen LogP contribution in [0.1, 0.15) is 34.6 Å². The molecule has 2 rings (SSSR count). The van der Waals surface area contributed by atoms with E-state index < -0.39 is 42.9 Å². The van der Waals surface area contributed by atoms with Crippen molar-refractivity contribution >= 4 is 11.6 Å². The third kappa shape index (κ3) is 8.84. The van der Waals surface area contributed by atoms with E-state index in [-0.39, 0.29) is 22.7 Å². The number of hydrogen-bond acceptors (Lipinski definition) is 6. The lowest BCUT2D eigenvalue weighted by Gasteiger charge is -2.12. The Morgan fingerprint density at radius 2 is 1.06 bits per heavy atom. The van der Waals surface area contributed by atoms with Crippen molar-refractivity contribution in [3.63, 3.8) is 0 Å². The zero-order chi connectivity index (χ0) is 23.7. The third-order valence-corrected chi connectivity index (χ3v) is 3.36. The normalized spacial score (nSPS) is 10.5. The number of benzene rings is 2. The number of aromatic hydroxyl groups is 1. The predicted molar refractivity (Wildman–Crippen MR) is 94.5 cm³/mol. The number of ketones is 2. The minimum Gasteiger partial charge on any atom is -0.504 e. The van der Waals surface area contributed by atoms with Crippen molar-refractivity contribution < 1.29 is 55.2 Å². The maximum absolute atomic E-state index is 12.0. The van der Waals surface area contributed by atoms with E-state index in [0.717, 1.165) is 24.3 Å². The van der Waals surface area contributed by atoms with Crippen LogP contribution in [0.5, 0.6) is 23.0 Å². The second kappa shape index (κ2) is 11.7. The number of alkyl halides is 6. The van der Waals surface area contributed by atoms with Gasteiger partial charge in [0.05, 0.1) is 0 Å². The predicted octanol–water partition coefficient (Wildman–Crippen LogP) is 5.29. The summed E-state index contributed by atoms with van der Waals surface area (Å²) in [5.41, 5.74) is 0.298. The first kappa shape index (κ1) is 25.6. The van der Waals surface area contributed by atoms with Gasteiger partial charge in [-0.3, -0.25) is 9.59 Å². The highest BCUT2D eigenvalue weighted by Crippen LogP contribution is 2.31. The van der Waals surface area contributed by atoms with E-state index in [9.17, 15) is 41.0 Å². The van der Waals surface area contributed by atoms with Crippen molar-refractivity contribution in [2.75, 3.05) is 0 Å². The first-order valence-corrected chi connectivity index (χ1v) is 8.24. The summed E-state index contributed by atoms with van der Waals surface area (Å²) in [6.07, 6.45) is 0. The maximum Gasteiger partial charge on any atom is 0.387 e. The monoisotopic (exact) mass is 454 g/mol. The van der Waals surface area contributed by atoms with Crippen molar-refractivity contribution in [3.05, 3.63) is 47.5 Å². The lowest BCUT2D eigenvalue weighted by Crippen LogP contribution is -2.08. The van der Waals surface area contributed by atoms with Gasteiger partial charge in [0.1, 0.15) is 0 Å². The molecule has 1 N–H and O–H groups in total. The van der Waals surface area contributed by atoms with Gasteiger partial charge in [-0.05, 0) is 50.2 Å². The fourth-order valence-electron chi connectivity index (χ4n) is 2.04. The molecule has 2 aromatic carbocycles. The standard InChI is InChI=1S/C10H8F4O3.C9H8F2O3/c1-5(15)6-2-3-7(16-9(11)12)8(4-6)17-10(13)14;1-5(12)6-2-3-8(7(13)4-6)14-9(10)11/h2-4,9-10H,1H3;2-4,9,13H,1H3. The van der Waals surface area contributed by atoms with Crippen LogP contribution in [0.2, 0.25) is 0 Å². The molecule has 12 heteroatoms. The van der Waals surface area contributed by atoms with Crippen LogP contribution in [-0.2, 0) is 0 Å². The number of hydrogen-bond donors (Lipinski definition) is 1. The molecular formula is C19H16F6O6. The number of rotatable bonds is 8. The zero-order valence-corrected chi connectivity index (χ0v) is 16.0. The smallest absolute Gasteiger partial charge is 0.387 e. The molecule has 0 saturated carbocycles. The van der Waals surface area contributed by atoms with Crippen LogP contribution in [-0.4, -0.2) is 36.5 Å². The number of phenols is 1. The molecule has 2 aromatic rings. The first-order chi connectivity index (χ1) is 14.4. The summed E-state index contributed by atoms with van der Waals surface area (Å²) >= 11 is 0. The summed E-state index contributed by atoms with van der Waals surface area (Å²) in [4.78, 5) is 21.8. The summed E-state index contributed by atoms with van der Waals surface area (Å²) in [5.74, 6) is -2.64. The molecule has 0 fully saturated rings. The Morgan fingerprint density at radius 3 is 1.48 bits per heavy atom. The SMILES string of the molecule is CC(=O)c1ccc(OC(F)F)c(O)c1.CC(=O)c1ccc(OC(F)F)c(OC(F)F)c1. The highest BCUT2D eigenvalue weighted by molar-refractivity contribution is 5.95. The molecule has 0 aromatic heterocycles. The Labute approximate surface area is 172 Å². The lowest BCUT2D eigenvalue weighted by molar-refractivity contribution is -0.0692. The van der Waals surface area contributed by atoms with Crippen molar-refractivity contribution in [2.45, 2.75) is 33.7 Å². The van der Waals surface area contributed by atoms with E-state index in [1.165, 1.54) is 26.0 Å². The second-order valence-corrected chi connectivity index (χ2v) is 5.59. The first-order valence-electron chi connectivity index (χ1n) is 8.24.